The number of hydrogen-bond acceptors (Lipinski definition) is 3. The van der Waals surface area contributed by atoms with Gasteiger partial charge in [0.05, 0.1) is 0 Å². The van der Waals surface area contributed by atoms with E-state index in [0.29, 0.717) is 6.23 Å². The number of aliphatic hydroxyl groups is 3. The minimum absolute atomic E-state index is 0.389. The van der Waals surface area contributed by atoms with Gasteiger partial charge in [0.2, 0.25) is 0 Å². The Morgan fingerprint density at radius 3 is 1.14 bits per heavy atom. The van der Waals surface area contributed by atoms with E-state index in [9.17, 15) is 0 Å². The molecule has 0 unspecified atom stereocenters. The van der Waals surface area contributed by atoms with E-state index in [2.05, 4.69) is 0 Å². The molecular formula is C3H14O3Si. The Hall–Kier alpha value is 0.0969. The second-order valence-corrected chi connectivity index (χ2v) is 0.949. The Morgan fingerprint density at radius 2 is 1.14 bits per heavy atom. The van der Waals surface area contributed by atoms with Crippen LogP contribution >= 0.6 is 0 Å². The number of rotatable bonds is 0. The van der Waals surface area contributed by atoms with Crippen molar-refractivity contribution in [1.82, 2.24) is 0 Å². The highest BCUT2D eigenvalue weighted by Crippen LogP contribution is 1.15. The molecule has 0 aromatic carbocycles. The van der Waals surface area contributed by atoms with E-state index in [1.165, 1.54) is 0 Å². The van der Waals surface area contributed by atoms with Crippen molar-refractivity contribution in [1.29, 1.82) is 0 Å². The van der Waals surface area contributed by atoms with Gasteiger partial charge in [-0.1, -0.05) is 0 Å². The second kappa shape index (κ2) is 132. The summed E-state index contributed by atoms with van der Waals surface area (Å²) in [5.74, 6) is 0. The summed E-state index contributed by atoms with van der Waals surface area (Å²) in [4.78, 5) is 0. The smallest absolute Gasteiger partial charge is 0.0349 e. The van der Waals surface area contributed by atoms with Crippen LogP contribution in [0.3, 0.4) is 0 Å². The van der Waals surface area contributed by atoms with Gasteiger partial charge in [-0.05, 0) is 0 Å². The van der Waals surface area contributed by atoms with Gasteiger partial charge in [-0.3, -0.25) is 0 Å². The van der Waals surface area contributed by atoms with Gasteiger partial charge in [-0.15, -0.1) is 0 Å². The average molecular weight is 126 g/mol. The third-order valence-corrected chi connectivity index (χ3v) is 0. The molecule has 0 atom stereocenters. The Morgan fingerprint density at radius 1 is 1.14 bits per heavy atom. The van der Waals surface area contributed by atoms with Gasteiger partial charge in [0, 0.05) is 30.7 Å². The van der Waals surface area contributed by atoms with E-state index >= 15 is 0 Å². The van der Waals surface area contributed by atoms with Crippen LogP contribution in [0, 0.1) is 0 Å². The lowest BCUT2D eigenvalue weighted by atomic mass is 11.7. The fourth-order valence-electron chi connectivity index (χ4n) is 0. The van der Waals surface area contributed by atoms with Gasteiger partial charge in [-0.2, -0.15) is 0 Å². The highest BCUT2D eigenvalue weighted by molar-refractivity contribution is 6.07. The number of hydrogen-bond donors (Lipinski definition) is 3. The van der Waals surface area contributed by atoms with Gasteiger partial charge in [0.25, 0.3) is 0 Å². The molecule has 0 aromatic heterocycles. The lowest BCUT2D eigenvalue weighted by Crippen LogP contribution is -1.69. The maximum Gasteiger partial charge on any atom is 0.0349 e. The molecule has 0 bridgehead atoms. The number of aliphatic hydroxyl groups excluding tert-OH is 3. The third kappa shape index (κ3) is 10900. The van der Waals surface area contributed by atoms with Crippen LogP contribution in [0.15, 0.2) is 0 Å². The zero-order chi connectivity index (χ0) is 6.71. The monoisotopic (exact) mass is 126 g/mol. The van der Waals surface area contributed by atoms with E-state index in [1.807, 2.05) is 0 Å². The minimum atomic E-state index is 0.389. The average Bonchev–Trinajstić information content (AvgIpc) is 1.78. The fourth-order valence-corrected chi connectivity index (χ4v) is 0. The quantitative estimate of drug-likeness (QED) is 0.315. The topological polar surface area (TPSA) is 60.7 Å². The second-order valence-electron chi connectivity index (χ2n) is 0.316. The van der Waals surface area contributed by atoms with Crippen molar-refractivity contribution >= 4 is 10.2 Å². The molecule has 0 saturated heterocycles. The third-order valence-electron chi connectivity index (χ3n) is 0. The predicted octanol–water partition coefficient (Wildman–Crippen LogP) is -2.48. The van der Waals surface area contributed by atoms with Crippen LogP contribution in [0.1, 0.15) is 0 Å². The largest absolute Gasteiger partial charge is 0.401 e. The van der Waals surface area contributed by atoms with Gasteiger partial charge in [0.1, 0.15) is 0 Å². The van der Waals surface area contributed by atoms with Crippen LogP contribution in [0.2, 0.25) is 0 Å². The highest BCUT2D eigenvalue weighted by atomic mass is 28.1. The van der Waals surface area contributed by atoms with Crippen LogP contribution in [0.25, 0.3) is 0 Å². The van der Waals surface area contributed by atoms with Crippen LogP contribution in [0.5, 0.6) is 0 Å². The molecule has 0 aromatic rings. The SMILES string of the molecule is CO.CO.OC[SiH3]. The van der Waals surface area contributed by atoms with E-state index < -0.39 is 0 Å². The fraction of sp³-hybridized carbons (Fsp3) is 1.00. The molecule has 3 N–H and O–H groups in total. The maximum absolute atomic E-state index is 7.63. The summed E-state index contributed by atoms with van der Waals surface area (Å²) in [6.07, 6.45) is 0.389. The maximum atomic E-state index is 7.63. The van der Waals surface area contributed by atoms with Crippen molar-refractivity contribution < 1.29 is 15.3 Å². The van der Waals surface area contributed by atoms with E-state index in [-0.39, 0.29) is 0 Å². The van der Waals surface area contributed by atoms with Gasteiger partial charge in [0.15, 0.2) is 0 Å². The molecule has 0 rings (SSSR count). The molecule has 0 spiro atoms. The molecule has 0 saturated carbocycles. The molecular weight excluding hydrogens is 112 g/mol. The molecule has 0 fully saturated rings. The van der Waals surface area contributed by atoms with Crippen molar-refractivity contribution in [2.24, 2.45) is 0 Å². The summed E-state index contributed by atoms with van der Waals surface area (Å²) >= 11 is 0. The Labute approximate surface area is 47.0 Å². The zero-order valence-electron chi connectivity index (χ0n) is 5.05. The lowest BCUT2D eigenvalue weighted by molar-refractivity contribution is 0.369. The van der Waals surface area contributed by atoms with Crippen molar-refractivity contribution in [2.45, 2.75) is 0 Å². The van der Waals surface area contributed by atoms with Gasteiger partial charge < -0.3 is 15.3 Å². The van der Waals surface area contributed by atoms with Crippen molar-refractivity contribution in [3.05, 3.63) is 0 Å². The molecule has 0 aliphatic rings. The summed E-state index contributed by atoms with van der Waals surface area (Å²) in [6.45, 7) is 0. The first-order chi connectivity index (χ1) is 3.41. The van der Waals surface area contributed by atoms with Gasteiger partial charge >= 0.3 is 0 Å². The summed E-state index contributed by atoms with van der Waals surface area (Å²) in [5, 5.41) is 21.6. The summed E-state index contributed by atoms with van der Waals surface area (Å²) in [6, 6.07) is 0. The molecule has 48 valence electrons. The van der Waals surface area contributed by atoms with Crippen LogP contribution in [-0.2, 0) is 0 Å². The van der Waals surface area contributed by atoms with Crippen molar-refractivity contribution in [3.8, 4) is 0 Å². The normalized spacial score (nSPS) is 4.71. The van der Waals surface area contributed by atoms with Crippen LogP contribution in [0.4, 0.5) is 0 Å². The summed E-state index contributed by atoms with van der Waals surface area (Å²) < 4.78 is 0. The first-order valence-corrected chi connectivity index (χ1v) is 3.33. The zero-order valence-corrected chi connectivity index (χ0v) is 7.05. The van der Waals surface area contributed by atoms with Gasteiger partial charge in [-0.25, -0.2) is 0 Å². The molecule has 0 radical (unpaired) electrons. The Balaban J connectivity index is -0.0000000360. The van der Waals surface area contributed by atoms with Crippen molar-refractivity contribution in [3.63, 3.8) is 0 Å². The lowest BCUT2D eigenvalue weighted by Gasteiger charge is -1.52. The van der Waals surface area contributed by atoms with Crippen LogP contribution < -0.4 is 0 Å². The van der Waals surface area contributed by atoms with Crippen LogP contribution in [-0.4, -0.2) is 46.0 Å². The molecule has 7 heavy (non-hydrogen) atoms. The molecule has 0 aliphatic carbocycles. The molecule has 4 heteroatoms. The van der Waals surface area contributed by atoms with E-state index in [1.54, 1.807) is 0 Å². The van der Waals surface area contributed by atoms with E-state index in [0.717, 1.165) is 24.5 Å². The Kier molecular flexibility index (Phi) is 296. The molecule has 0 amide bonds. The summed E-state index contributed by atoms with van der Waals surface area (Å²) in [5.41, 5.74) is 0. The van der Waals surface area contributed by atoms with Crippen molar-refractivity contribution in [2.75, 3.05) is 20.4 Å². The first-order valence-electron chi connectivity index (χ1n) is 1.92. The van der Waals surface area contributed by atoms with E-state index in [4.69, 9.17) is 15.3 Å². The Bertz CT molecular complexity index is 10.1. The molecule has 0 heterocycles. The minimum Gasteiger partial charge on any atom is -0.401 e. The first kappa shape index (κ1) is 15.7. The molecule has 3 nitrogen and oxygen atoms in total. The standard InChI is InChI=1S/CH6OSi.2CH4O/c2-1-3;2*1-2/h2H,1H2,3H3;2*2H,1H3. The predicted molar refractivity (Wildman–Crippen MR) is 33.3 cm³/mol. The summed E-state index contributed by atoms with van der Waals surface area (Å²) in [7, 11) is 2.92. The molecule has 0 aliphatic heterocycles. The highest BCUT2D eigenvalue weighted by Gasteiger charge is 1.35.